The molecule has 1 unspecified atom stereocenters. The van der Waals surface area contributed by atoms with E-state index in [9.17, 15) is 5.11 Å². The lowest BCUT2D eigenvalue weighted by Gasteiger charge is -2.19. The van der Waals surface area contributed by atoms with E-state index in [2.05, 4.69) is 46.8 Å². The fraction of sp³-hybridized carbons (Fsp3) is 0.625. The van der Waals surface area contributed by atoms with Gasteiger partial charge in [-0.1, -0.05) is 31.5 Å². The largest absolute Gasteiger partial charge is 0.396 e. The maximum absolute atomic E-state index is 9.47. The number of hydrogen-bond acceptors (Lipinski definition) is 1. The zero-order chi connectivity index (χ0) is 13.0. The topological polar surface area (TPSA) is 20.2 Å². The number of hydrogen-bond donors (Lipinski definition) is 1. The molecule has 0 spiro atoms. The van der Waals surface area contributed by atoms with Crippen molar-refractivity contribution in [3.8, 4) is 0 Å². The van der Waals surface area contributed by atoms with Gasteiger partial charge in [0.05, 0.1) is 0 Å². The van der Waals surface area contributed by atoms with E-state index in [0.717, 1.165) is 12.8 Å². The fourth-order valence-electron chi connectivity index (χ4n) is 2.71. The summed E-state index contributed by atoms with van der Waals surface area (Å²) in [7, 11) is 0. The zero-order valence-electron chi connectivity index (χ0n) is 11.9. The van der Waals surface area contributed by atoms with Gasteiger partial charge in [-0.15, -0.1) is 0 Å². The minimum atomic E-state index is 0.297. The fourth-order valence-corrected chi connectivity index (χ4v) is 2.71. The lowest BCUT2D eigenvalue weighted by atomic mass is 9.87. The van der Waals surface area contributed by atoms with E-state index in [-0.39, 0.29) is 0 Å². The molecular formula is C16H26O. The molecule has 0 aliphatic heterocycles. The quantitative estimate of drug-likeness (QED) is 0.821. The van der Waals surface area contributed by atoms with Crippen molar-refractivity contribution in [2.45, 2.75) is 47.5 Å². The van der Waals surface area contributed by atoms with Crippen LogP contribution in [-0.2, 0) is 6.42 Å². The van der Waals surface area contributed by atoms with Gasteiger partial charge in [0.1, 0.15) is 0 Å². The van der Waals surface area contributed by atoms with Gasteiger partial charge >= 0.3 is 0 Å². The second kappa shape index (κ2) is 6.20. The maximum Gasteiger partial charge on any atom is 0.0462 e. The molecule has 1 nitrogen and oxygen atoms in total. The molecule has 0 aromatic heterocycles. The molecule has 0 aliphatic carbocycles. The van der Waals surface area contributed by atoms with Crippen molar-refractivity contribution in [2.75, 3.05) is 6.61 Å². The Morgan fingerprint density at radius 2 is 1.59 bits per heavy atom. The van der Waals surface area contributed by atoms with Crippen molar-refractivity contribution in [2.24, 2.45) is 11.8 Å². The van der Waals surface area contributed by atoms with Gasteiger partial charge in [0, 0.05) is 6.61 Å². The second-order valence-electron chi connectivity index (χ2n) is 5.76. The Balaban J connectivity index is 2.86. The lowest BCUT2D eigenvalue weighted by Crippen LogP contribution is -2.14. The van der Waals surface area contributed by atoms with Crippen LogP contribution in [0.25, 0.3) is 0 Å². The minimum Gasteiger partial charge on any atom is -0.396 e. The molecule has 0 amide bonds. The van der Waals surface area contributed by atoms with Crippen molar-refractivity contribution in [1.82, 2.24) is 0 Å². The predicted molar refractivity (Wildman–Crippen MR) is 74.4 cm³/mol. The lowest BCUT2D eigenvalue weighted by molar-refractivity contribution is 0.205. The van der Waals surface area contributed by atoms with Crippen LogP contribution in [0.4, 0.5) is 0 Å². The van der Waals surface area contributed by atoms with Crippen LogP contribution in [0.3, 0.4) is 0 Å². The van der Waals surface area contributed by atoms with E-state index in [1.807, 2.05) is 0 Å². The molecule has 96 valence electrons. The first-order chi connectivity index (χ1) is 7.93. The monoisotopic (exact) mass is 234 g/mol. The summed E-state index contributed by atoms with van der Waals surface area (Å²) in [5.41, 5.74) is 5.48. The maximum atomic E-state index is 9.47. The van der Waals surface area contributed by atoms with Crippen molar-refractivity contribution in [3.63, 3.8) is 0 Å². The molecule has 1 heteroatoms. The third-order valence-corrected chi connectivity index (χ3v) is 3.40. The van der Waals surface area contributed by atoms with E-state index >= 15 is 0 Å². The van der Waals surface area contributed by atoms with Gasteiger partial charge in [0.25, 0.3) is 0 Å². The van der Waals surface area contributed by atoms with Gasteiger partial charge in [-0.05, 0) is 62.1 Å². The number of benzene rings is 1. The molecule has 0 bridgehead atoms. The Hall–Kier alpha value is -0.820. The molecule has 0 fully saturated rings. The van der Waals surface area contributed by atoms with E-state index in [0.29, 0.717) is 18.4 Å². The summed E-state index contributed by atoms with van der Waals surface area (Å²) < 4.78 is 0. The number of aliphatic hydroxyl groups is 1. The van der Waals surface area contributed by atoms with Crippen LogP contribution < -0.4 is 0 Å². The van der Waals surface area contributed by atoms with Crippen LogP contribution in [0.2, 0.25) is 0 Å². The first-order valence-electron chi connectivity index (χ1n) is 6.61. The average Bonchev–Trinajstić information content (AvgIpc) is 2.20. The highest BCUT2D eigenvalue weighted by Gasteiger charge is 2.13. The number of aryl methyl sites for hydroxylation is 3. The summed E-state index contributed by atoms with van der Waals surface area (Å²) in [5, 5.41) is 9.47. The van der Waals surface area contributed by atoms with Gasteiger partial charge in [-0.3, -0.25) is 0 Å². The van der Waals surface area contributed by atoms with E-state index in [1.54, 1.807) is 0 Å². The highest BCUT2D eigenvalue weighted by molar-refractivity contribution is 5.37. The first kappa shape index (κ1) is 14.2. The summed E-state index contributed by atoms with van der Waals surface area (Å²) in [5.74, 6) is 1.05. The Bertz CT molecular complexity index is 343. The van der Waals surface area contributed by atoms with Gasteiger partial charge in [0.2, 0.25) is 0 Å². The normalized spacial score (nSPS) is 13.1. The second-order valence-corrected chi connectivity index (χ2v) is 5.76. The Morgan fingerprint density at radius 3 is 2.00 bits per heavy atom. The molecule has 1 N–H and O–H groups in total. The molecule has 1 aromatic carbocycles. The highest BCUT2D eigenvalue weighted by atomic mass is 16.3. The first-order valence-corrected chi connectivity index (χ1v) is 6.61. The van der Waals surface area contributed by atoms with Crippen LogP contribution in [-0.4, -0.2) is 11.7 Å². The van der Waals surface area contributed by atoms with Crippen molar-refractivity contribution >= 4 is 0 Å². The molecule has 0 heterocycles. The zero-order valence-corrected chi connectivity index (χ0v) is 11.9. The van der Waals surface area contributed by atoms with Crippen LogP contribution in [0.5, 0.6) is 0 Å². The summed E-state index contributed by atoms with van der Waals surface area (Å²) in [4.78, 5) is 0. The van der Waals surface area contributed by atoms with Crippen molar-refractivity contribution < 1.29 is 5.11 Å². The van der Waals surface area contributed by atoms with Crippen molar-refractivity contribution in [1.29, 1.82) is 0 Å². The van der Waals surface area contributed by atoms with Gasteiger partial charge in [0.15, 0.2) is 0 Å². The summed E-state index contributed by atoms with van der Waals surface area (Å²) in [6, 6.07) is 4.48. The third-order valence-electron chi connectivity index (χ3n) is 3.40. The van der Waals surface area contributed by atoms with E-state index in [1.165, 1.54) is 22.3 Å². The molecule has 1 rings (SSSR count). The summed E-state index contributed by atoms with van der Waals surface area (Å²) in [6.07, 6.45) is 2.11. The molecule has 0 saturated heterocycles. The van der Waals surface area contributed by atoms with Gasteiger partial charge in [-0.25, -0.2) is 0 Å². The van der Waals surface area contributed by atoms with E-state index in [4.69, 9.17) is 0 Å². The van der Waals surface area contributed by atoms with Crippen LogP contribution in [0.1, 0.15) is 42.5 Å². The molecule has 0 saturated carbocycles. The van der Waals surface area contributed by atoms with Gasteiger partial charge in [-0.2, -0.15) is 0 Å². The molecule has 0 radical (unpaired) electrons. The summed E-state index contributed by atoms with van der Waals surface area (Å²) >= 11 is 0. The highest BCUT2D eigenvalue weighted by Crippen LogP contribution is 2.23. The third kappa shape index (κ3) is 4.16. The number of rotatable bonds is 5. The van der Waals surface area contributed by atoms with Crippen LogP contribution >= 0.6 is 0 Å². The smallest absolute Gasteiger partial charge is 0.0462 e. The molecule has 1 atom stereocenters. The SMILES string of the molecule is Cc1cc(C)c(CC(CO)CC(C)C)c(C)c1. The van der Waals surface area contributed by atoms with Crippen LogP contribution in [0.15, 0.2) is 12.1 Å². The van der Waals surface area contributed by atoms with Crippen molar-refractivity contribution in [3.05, 3.63) is 34.4 Å². The van der Waals surface area contributed by atoms with Crippen LogP contribution in [0, 0.1) is 32.6 Å². The molecular weight excluding hydrogens is 208 g/mol. The Morgan fingerprint density at radius 1 is 1.06 bits per heavy atom. The summed E-state index contributed by atoms with van der Waals surface area (Å²) in [6.45, 7) is 11.2. The average molecular weight is 234 g/mol. The predicted octanol–water partition coefficient (Wildman–Crippen LogP) is 3.81. The standard InChI is InChI=1S/C16H26O/c1-11(2)6-15(10-17)9-16-13(4)7-12(3)8-14(16)5/h7-8,11,15,17H,6,9-10H2,1-5H3. The molecule has 17 heavy (non-hydrogen) atoms. The minimum absolute atomic E-state index is 0.297. The molecule has 1 aromatic rings. The number of aliphatic hydroxyl groups excluding tert-OH is 1. The molecule has 0 aliphatic rings. The van der Waals surface area contributed by atoms with Gasteiger partial charge < -0.3 is 5.11 Å². The Labute approximate surface area is 106 Å². The Kier molecular flexibility index (Phi) is 5.20. The van der Waals surface area contributed by atoms with E-state index < -0.39 is 0 Å².